The molecule has 0 unspecified atom stereocenters. The summed E-state index contributed by atoms with van der Waals surface area (Å²) >= 11 is 0. The van der Waals surface area contributed by atoms with E-state index in [0.29, 0.717) is 17.6 Å². The zero-order valence-corrected chi connectivity index (χ0v) is 14.4. The van der Waals surface area contributed by atoms with Crippen LogP contribution in [0.3, 0.4) is 0 Å². The van der Waals surface area contributed by atoms with E-state index in [4.69, 9.17) is 0 Å². The highest BCUT2D eigenvalue weighted by Crippen LogP contribution is 2.71. The molecular weight excluding hydrogens is 288 g/mol. The number of ketones is 1. The van der Waals surface area contributed by atoms with E-state index in [0.717, 1.165) is 56.9 Å². The summed E-state index contributed by atoms with van der Waals surface area (Å²) in [6.07, 6.45) is 7.75. The Balaban J connectivity index is 1.79. The van der Waals surface area contributed by atoms with Crippen LogP contribution in [0.2, 0.25) is 0 Å². The molecule has 3 heteroatoms. The van der Waals surface area contributed by atoms with Crippen molar-refractivity contribution in [1.82, 2.24) is 0 Å². The van der Waals surface area contributed by atoms with Crippen molar-refractivity contribution in [2.45, 2.75) is 65.2 Å². The monoisotopic (exact) mass is 316 g/mol. The number of aliphatic carboxylic acids is 1. The minimum absolute atomic E-state index is 0.00507. The summed E-state index contributed by atoms with van der Waals surface area (Å²) in [5.41, 5.74) is 0.0347. The average molecular weight is 316 g/mol. The second-order valence-electron chi connectivity index (χ2n) is 9.21. The minimum Gasteiger partial charge on any atom is -0.481 e. The van der Waals surface area contributed by atoms with Crippen LogP contribution < -0.4 is 0 Å². The smallest absolute Gasteiger partial charge is 0.309 e. The van der Waals surface area contributed by atoms with Gasteiger partial charge in [-0.2, -0.15) is 0 Å². The molecule has 0 amide bonds. The molecule has 0 aromatic carbocycles. The first kappa shape index (κ1) is 15.4. The fourth-order valence-corrected chi connectivity index (χ4v) is 7.37. The quantitative estimate of drug-likeness (QED) is 0.737. The molecule has 4 aliphatic carbocycles. The van der Waals surface area contributed by atoms with E-state index in [1.165, 1.54) is 0 Å². The molecule has 4 fully saturated rings. The van der Waals surface area contributed by atoms with E-state index in [1.54, 1.807) is 0 Å². The van der Waals surface area contributed by atoms with Crippen LogP contribution in [0, 0.1) is 34.0 Å². The van der Waals surface area contributed by atoms with Gasteiger partial charge in [-0.1, -0.05) is 19.9 Å². The molecule has 0 saturated heterocycles. The SMILES string of the molecule is C=C1C(=O)[C@@]23CC[C@H]4[C@@](C)(CCC[C@]4(C)C(=O)O)[C@H]2CC[C@@H]1C3. The molecule has 1 N–H and O–H groups in total. The fraction of sp³-hybridized carbons (Fsp3) is 0.800. The van der Waals surface area contributed by atoms with Crippen LogP contribution in [0.15, 0.2) is 12.2 Å². The third kappa shape index (κ3) is 1.66. The van der Waals surface area contributed by atoms with Crippen molar-refractivity contribution < 1.29 is 14.7 Å². The third-order valence-electron chi connectivity index (χ3n) is 8.46. The van der Waals surface area contributed by atoms with Crippen LogP contribution in [-0.2, 0) is 9.59 Å². The van der Waals surface area contributed by atoms with Gasteiger partial charge in [0.25, 0.3) is 0 Å². The topological polar surface area (TPSA) is 54.4 Å². The molecule has 0 aliphatic heterocycles. The van der Waals surface area contributed by atoms with Gasteiger partial charge in [0.2, 0.25) is 0 Å². The second-order valence-corrected chi connectivity index (χ2v) is 9.21. The Bertz CT molecular complexity index is 608. The summed E-state index contributed by atoms with van der Waals surface area (Å²) in [4.78, 5) is 25.1. The summed E-state index contributed by atoms with van der Waals surface area (Å²) in [6.45, 7) is 8.36. The standard InChI is InChI=1S/C20H28O3/c1-12-13-5-6-15-18(2)8-4-9-19(3,17(22)23)14(18)7-10-20(15,11-13)16(12)21/h13-15H,1,4-11H2,2-3H3,(H,22,23)/t13-,14+,15-,18-,19+,20-/m1/s1. The molecule has 2 bridgehead atoms. The van der Waals surface area contributed by atoms with Crippen LogP contribution >= 0.6 is 0 Å². The molecular formula is C20H28O3. The van der Waals surface area contributed by atoms with Gasteiger partial charge < -0.3 is 5.11 Å². The summed E-state index contributed by atoms with van der Waals surface area (Å²) in [5.74, 6) is 0.645. The van der Waals surface area contributed by atoms with Crippen molar-refractivity contribution in [1.29, 1.82) is 0 Å². The first-order valence-corrected chi connectivity index (χ1v) is 9.23. The van der Waals surface area contributed by atoms with E-state index in [2.05, 4.69) is 13.5 Å². The van der Waals surface area contributed by atoms with E-state index in [9.17, 15) is 14.7 Å². The maximum Gasteiger partial charge on any atom is 0.309 e. The lowest BCUT2D eigenvalue weighted by molar-refractivity contribution is -0.182. The molecule has 4 saturated carbocycles. The lowest BCUT2D eigenvalue weighted by Crippen LogP contribution is -2.59. The molecule has 4 aliphatic rings. The van der Waals surface area contributed by atoms with Crippen molar-refractivity contribution in [3.05, 3.63) is 12.2 Å². The molecule has 0 heterocycles. The number of allylic oxidation sites excluding steroid dienone is 1. The lowest BCUT2D eigenvalue weighted by Gasteiger charge is -2.62. The first-order chi connectivity index (χ1) is 10.8. The molecule has 3 nitrogen and oxygen atoms in total. The Hall–Kier alpha value is -1.12. The highest BCUT2D eigenvalue weighted by molar-refractivity contribution is 6.03. The van der Waals surface area contributed by atoms with Gasteiger partial charge in [0.05, 0.1) is 5.41 Å². The highest BCUT2D eigenvalue weighted by atomic mass is 16.4. The lowest BCUT2D eigenvalue weighted by atomic mass is 9.41. The number of hydrogen-bond acceptors (Lipinski definition) is 2. The van der Waals surface area contributed by atoms with Gasteiger partial charge in [-0.05, 0) is 80.6 Å². The number of carboxylic acids is 1. The molecule has 23 heavy (non-hydrogen) atoms. The Morgan fingerprint density at radius 2 is 1.87 bits per heavy atom. The van der Waals surface area contributed by atoms with Gasteiger partial charge in [0.1, 0.15) is 0 Å². The van der Waals surface area contributed by atoms with E-state index in [-0.39, 0.29) is 16.7 Å². The molecule has 4 rings (SSSR count). The van der Waals surface area contributed by atoms with E-state index >= 15 is 0 Å². The number of carboxylic acid groups (broad SMARTS) is 1. The summed E-state index contributed by atoms with van der Waals surface area (Å²) in [5, 5.41) is 9.89. The summed E-state index contributed by atoms with van der Waals surface area (Å²) in [6, 6.07) is 0. The number of carbonyl (C=O) groups excluding carboxylic acids is 1. The maximum absolute atomic E-state index is 13.0. The molecule has 126 valence electrons. The van der Waals surface area contributed by atoms with E-state index in [1.807, 2.05) is 6.92 Å². The predicted molar refractivity (Wildman–Crippen MR) is 87.8 cm³/mol. The maximum atomic E-state index is 13.0. The van der Waals surface area contributed by atoms with Gasteiger partial charge in [-0.3, -0.25) is 9.59 Å². The minimum atomic E-state index is -0.639. The van der Waals surface area contributed by atoms with Crippen molar-refractivity contribution >= 4 is 11.8 Å². The Labute approximate surface area is 138 Å². The number of rotatable bonds is 1. The van der Waals surface area contributed by atoms with Gasteiger partial charge in [0.15, 0.2) is 5.78 Å². The van der Waals surface area contributed by atoms with Crippen LogP contribution in [-0.4, -0.2) is 16.9 Å². The largest absolute Gasteiger partial charge is 0.481 e. The van der Waals surface area contributed by atoms with Crippen LogP contribution in [0.5, 0.6) is 0 Å². The Kier molecular flexibility index (Phi) is 3.01. The zero-order chi connectivity index (χ0) is 16.6. The molecule has 0 aromatic rings. The van der Waals surface area contributed by atoms with Gasteiger partial charge >= 0.3 is 5.97 Å². The zero-order valence-electron chi connectivity index (χ0n) is 14.4. The van der Waals surface area contributed by atoms with Crippen LogP contribution in [0.25, 0.3) is 0 Å². The summed E-state index contributed by atoms with van der Waals surface area (Å²) < 4.78 is 0. The van der Waals surface area contributed by atoms with Gasteiger partial charge in [0, 0.05) is 5.41 Å². The Morgan fingerprint density at radius 3 is 2.57 bits per heavy atom. The van der Waals surface area contributed by atoms with Crippen molar-refractivity contribution in [3.63, 3.8) is 0 Å². The average Bonchev–Trinajstić information content (AvgIpc) is 2.68. The van der Waals surface area contributed by atoms with Gasteiger partial charge in [-0.25, -0.2) is 0 Å². The molecule has 0 radical (unpaired) electrons. The number of hydrogen-bond donors (Lipinski definition) is 1. The fourth-order valence-electron chi connectivity index (χ4n) is 7.37. The predicted octanol–water partition coefficient (Wildman–Crippen LogP) is 4.22. The number of fused-ring (bicyclic) bond motifs is 3. The van der Waals surface area contributed by atoms with Crippen molar-refractivity contribution in [2.75, 3.05) is 0 Å². The normalized spacial score (nSPS) is 52.0. The van der Waals surface area contributed by atoms with Crippen molar-refractivity contribution in [3.8, 4) is 0 Å². The van der Waals surface area contributed by atoms with E-state index < -0.39 is 11.4 Å². The molecule has 6 atom stereocenters. The second kappa shape index (κ2) is 4.49. The molecule has 0 aromatic heterocycles. The number of carbonyl (C=O) groups is 2. The first-order valence-electron chi connectivity index (χ1n) is 9.23. The van der Waals surface area contributed by atoms with Crippen LogP contribution in [0.1, 0.15) is 65.2 Å². The third-order valence-corrected chi connectivity index (χ3v) is 8.46. The highest BCUT2D eigenvalue weighted by Gasteiger charge is 2.67. The number of Topliss-reactive ketones (excluding diaryl/α,β-unsaturated/α-hetero) is 1. The molecule has 1 spiro atoms. The van der Waals surface area contributed by atoms with Crippen LogP contribution in [0.4, 0.5) is 0 Å². The summed E-state index contributed by atoms with van der Waals surface area (Å²) in [7, 11) is 0. The van der Waals surface area contributed by atoms with Gasteiger partial charge in [-0.15, -0.1) is 0 Å². The Morgan fingerprint density at radius 1 is 1.13 bits per heavy atom. The van der Waals surface area contributed by atoms with Crippen molar-refractivity contribution in [2.24, 2.45) is 34.0 Å².